The molecule has 0 aromatic heterocycles. The van der Waals surface area contributed by atoms with Crippen molar-refractivity contribution in [3.05, 3.63) is 70.3 Å². The fraction of sp³-hybridized carbons (Fsp3) is 0.500. The zero-order valence-electron chi connectivity index (χ0n) is 18.3. The van der Waals surface area contributed by atoms with Crippen LogP contribution in [0.3, 0.4) is 0 Å². The van der Waals surface area contributed by atoms with Crippen LogP contribution in [0.2, 0.25) is 0 Å². The van der Waals surface area contributed by atoms with E-state index in [0.717, 1.165) is 11.5 Å². The molecule has 0 amide bonds. The lowest BCUT2D eigenvalue weighted by molar-refractivity contribution is 0.407. The minimum absolute atomic E-state index is 0.401. The lowest BCUT2D eigenvalue weighted by Crippen LogP contribution is -2.31. The van der Waals surface area contributed by atoms with Gasteiger partial charge in [-0.15, -0.1) is 0 Å². The Kier molecular flexibility index (Phi) is 6.60. The molecule has 0 bridgehead atoms. The van der Waals surface area contributed by atoms with Gasteiger partial charge in [-0.25, -0.2) is 0 Å². The first kappa shape index (κ1) is 21.0. The normalized spacial score (nSPS) is 17.2. The highest BCUT2D eigenvalue weighted by Crippen LogP contribution is 2.38. The first-order valence-electron chi connectivity index (χ1n) is 10.8. The summed E-state index contributed by atoms with van der Waals surface area (Å²) in [5, 5.41) is 0. The minimum atomic E-state index is 0.401. The summed E-state index contributed by atoms with van der Waals surface area (Å²) in [7, 11) is 0. The molecule has 0 spiro atoms. The molecule has 0 unspecified atom stereocenters. The number of nitrogens with zero attached hydrogens (tertiary/aromatic N) is 1. The molecule has 28 heavy (non-hydrogen) atoms. The van der Waals surface area contributed by atoms with Gasteiger partial charge in [0.25, 0.3) is 0 Å². The summed E-state index contributed by atoms with van der Waals surface area (Å²) in [5.41, 5.74) is 6.97. The second-order valence-corrected chi connectivity index (χ2v) is 9.49. The molecular formula is C26H35NS. The molecule has 1 aliphatic rings. The smallest absolute Gasteiger partial charge is 0.110 e. The van der Waals surface area contributed by atoms with Crippen LogP contribution in [0.15, 0.2) is 42.5 Å². The van der Waals surface area contributed by atoms with Crippen LogP contribution in [0, 0.1) is 0 Å². The Labute approximate surface area is 177 Å². The van der Waals surface area contributed by atoms with Crippen molar-refractivity contribution >= 4 is 17.2 Å². The summed E-state index contributed by atoms with van der Waals surface area (Å²) in [5.74, 6) is 1.45. The quantitative estimate of drug-likeness (QED) is 0.482. The molecule has 2 aromatic carbocycles. The fourth-order valence-corrected chi connectivity index (χ4v) is 4.83. The van der Waals surface area contributed by atoms with Gasteiger partial charge in [-0.1, -0.05) is 96.2 Å². The average molecular weight is 394 g/mol. The van der Waals surface area contributed by atoms with Crippen LogP contribution in [0.5, 0.6) is 0 Å². The monoisotopic (exact) mass is 393 g/mol. The zero-order valence-corrected chi connectivity index (χ0v) is 19.1. The van der Waals surface area contributed by atoms with E-state index in [2.05, 4.69) is 88.9 Å². The molecule has 1 atom stereocenters. The largest absolute Gasteiger partial charge is 0.355 e. The maximum absolute atomic E-state index is 6.21. The predicted molar refractivity (Wildman–Crippen MR) is 126 cm³/mol. The molecule has 3 rings (SSSR count). The second-order valence-electron chi connectivity index (χ2n) is 9.11. The molecule has 0 radical (unpaired) electrons. The summed E-state index contributed by atoms with van der Waals surface area (Å²) < 4.78 is 0. The highest BCUT2D eigenvalue weighted by Gasteiger charge is 2.31. The van der Waals surface area contributed by atoms with Crippen molar-refractivity contribution in [1.29, 1.82) is 0 Å². The molecule has 2 heteroatoms. The Bertz CT molecular complexity index is 791. The van der Waals surface area contributed by atoms with E-state index < -0.39 is 0 Å². The predicted octanol–water partition coefficient (Wildman–Crippen LogP) is 7.57. The van der Waals surface area contributed by atoms with Crippen LogP contribution in [0.4, 0.5) is 0 Å². The number of benzene rings is 2. The SMILES string of the molecule is CC(C)c1cc(C(C)C)c(C(=S)N2CCC[C@H]2c2ccccc2)c(C(C)C)c1. The van der Waals surface area contributed by atoms with Gasteiger partial charge in [-0.2, -0.15) is 0 Å². The van der Waals surface area contributed by atoms with E-state index in [1.807, 2.05) is 0 Å². The maximum Gasteiger partial charge on any atom is 0.110 e. The lowest BCUT2D eigenvalue weighted by atomic mass is 9.84. The molecule has 1 fully saturated rings. The van der Waals surface area contributed by atoms with Gasteiger partial charge in [0, 0.05) is 12.1 Å². The standard InChI is InChI=1S/C26H35NS/c1-17(2)21-15-22(18(3)4)25(23(16-21)19(5)6)26(28)27-14-10-13-24(27)20-11-8-7-9-12-20/h7-9,11-12,15-19,24H,10,13-14H2,1-6H3/t24-/m0/s1. The maximum atomic E-state index is 6.21. The molecular weight excluding hydrogens is 358 g/mol. The minimum Gasteiger partial charge on any atom is -0.355 e. The van der Waals surface area contributed by atoms with Crippen LogP contribution in [0.25, 0.3) is 0 Å². The molecule has 2 aromatic rings. The van der Waals surface area contributed by atoms with E-state index >= 15 is 0 Å². The van der Waals surface area contributed by atoms with Gasteiger partial charge in [0.05, 0.1) is 6.04 Å². The number of hydrogen-bond donors (Lipinski definition) is 0. The average Bonchev–Trinajstić information content (AvgIpc) is 3.16. The molecule has 1 saturated heterocycles. The Morgan fingerprint density at radius 1 is 0.893 bits per heavy atom. The van der Waals surface area contributed by atoms with Gasteiger partial charge < -0.3 is 4.90 Å². The van der Waals surface area contributed by atoms with Gasteiger partial charge in [0.2, 0.25) is 0 Å². The first-order chi connectivity index (χ1) is 13.3. The number of rotatable bonds is 5. The van der Waals surface area contributed by atoms with Gasteiger partial charge >= 0.3 is 0 Å². The van der Waals surface area contributed by atoms with E-state index in [-0.39, 0.29) is 0 Å². The fourth-order valence-electron chi connectivity index (χ4n) is 4.38. The Morgan fingerprint density at radius 3 is 1.96 bits per heavy atom. The van der Waals surface area contributed by atoms with Gasteiger partial charge in [-0.3, -0.25) is 0 Å². The summed E-state index contributed by atoms with van der Waals surface area (Å²) in [6.45, 7) is 14.8. The molecule has 150 valence electrons. The Hall–Kier alpha value is -1.67. The molecule has 1 aliphatic heterocycles. The highest BCUT2D eigenvalue weighted by atomic mass is 32.1. The topological polar surface area (TPSA) is 3.24 Å². The van der Waals surface area contributed by atoms with Crippen molar-refractivity contribution in [1.82, 2.24) is 4.90 Å². The molecule has 1 heterocycles. The molecule has 1 nitrogen and oxygen atoms in total. The molecule has 0 aliphatic carbocycles. The van der Waals surface area contributed by atoms with Crippen LogP contribution >= 0.6 is 12.2 Å². The van der Waals surface area contributed by atoms with Crippen LogP contribution in [-0.4, -0.2) is 16.4 Å². The zero-order chi connectivity index (χ0) is 20.4. The first-order valence-corrected chi connectivity index (χ1v) is 11.3. The third kappa shape index (κ3) is 4.17. The number of likely N-dealkylation sites (tertiary alicyclic amines) is 1. The van der Waals surface area contributed by atoms with E-state index in [4.69, 9.17) is 12.2 Å². The van der Waals surface area contributed by atoms with Crippen molar-refractivity contribution in [3.8, 4) is 0 Å². The van der Waals surface area contributed by atoms with Crippen LogP contribution < -0.4 is 0 Å². The van der Waals surface area contributed by atoms with E-state index in [1.54, 1.807) is 0 Å². The van der Waals surface area contributed by atoms with Crippen molar-refractivity contribution in [2.75, 3.05) is 6.54 Å². The van der Waals surface area contributed by atoms with Crippen molar-refractivity contribution < 1.29 is 0 Å². The van der Waals surface area contributed by atoms with Gasteiger partial charge in [0.1, 0.15) is 4.99 Å². The number of hydrogen-bond acceptors (Lipinski definition) is 1. The summed E-state index contributed by atoms with van der Waals surface area (Å²) >= 11 is 6.21. The van der Waals surface area contributed by atoms with E-state index in [0.29, 0.717) is 23.8 Å². The number of thiocarbonyl (C=S) groups is 1. The van der Waals surface area contributed by atoms with Crippen molar-refractivity contribution in [2.45, 2.75) is 78.2 Å². The second kappa shape index (κ2) is 8.78. The summed E-state index contributed by atoms with van der Waals surface area (Å²) in [6.07, 6.45) is 2.39. The highest BCUT2D eigenvalue weighted by molar-refractivity contribution is 7.80. The van der Waals surface area contributed by atoms with Gasteiger partial charge in [-0.05, 0) is 52.8 Å². The van der Waals surface area contributed by atoms with Crippen molar-refractivity contribution in [3.63, 3.8) is 0 Å². The van der Waals surface area contributed by atoms with E-state index in [1.165, 1.54) is 40.7 Å². The Balaban J connectivity index is 2.09. The van der Waals surface area contributed by atoms with Crippen LogP contribution in [-0.2, 0) is 0 Å². The van der Waals surface area contributed by atoms with E-state index in [9.17, 15) is 0 Å². The molecule has 0 N–H and O–H groups in total. The molecule has 0 saturated carbocycles. The summed E-state index contributed by atoms with van der Waals surface area (Å²) in [4.78, 5) is 3.54. The van der Waals surface area contributed by atoms with Gasteiger partial charge in [0.15, 0.2) is 0 Å². The third-order valence-electron chi connectivity index (χ3n) is 6.04. The van der Waals surface area contributed by atoms with Crippen LogP contribution in [0.1, 0.15) is 106 Å². The third-order valence-corrected chi connectivity index (χ3v) is 6.48. The lowest BCUT2D eigenvalue weighted by Gasteiger charge is -2.32. The Morgan fingerprint density at radius 2 is 1.46 bits per heavy atom. The summed E-state index contributed by atoms with van der Waals surface area (Å²) in [6, 6.07) is 16.1. The van der Waals surface area contributed by atoms with Crippen molar-refractivity contribution in [2.24, 2.45) is 0 Å².